The molecule has 0 spiro atoms. The Bertz CT molecular complexity index is 1560. The normalized spacial score (nSPS) is 12.9. The van der Waals surface area contributed by atoms with Gasteiger partial charge in [0.25, 0.3) is 5.56 Å². The molecule has 7 nitrogen and oxygen atoms in total. The lowest BCUT2D eigenvalue weighted by Gasteiger charge is -2.23. The minimum Gasteiger partial charge on any atom is -0.325 e. The number of rotatable bonds is 9. The van der Waals surface area contributed by atoms with E-state index < -0.39 is 21.5 Å². The molecule has 0 saturated carbocycles. The molecule has 0 radical (unpaired) electrons. The largest absolute Gasteiger partial charge is 0.325 e. The third-order valence-corrected chi connectivity index (χ3v) is 8.47. The quantitative estimate of drug-likeness (QED) is 0.350. The van der Waals surface area contributed by atoms with Gasteiger partial charge in [0, 0.05) is 31.0 Å². The van der Waals surface area contributed by atoms with Crippen molar-refractivity contribution in [3.8, 4) is 0 Å². The first-order valence-electron chi connectivity index (χ1n) is 12.6. The maximum Gasteiger partial charge on any atom is 0.251 e. The average molecular weight is 528 g/mol. The molecule has 8 heteroatoms. The summed E-state index contributed by atoms with van der Waals surface area (Å²) in [5.74, 6) is -0.398. The number of nitrogens with one attached hydrogen (secondary N) is 1. The molecule has 38 heavy (non-hydrogen) atoms. The summed E-state index contributed by atoms with van der Waals surface area (Å²) in [6, 6.07) is 27.0. The van der Waals surface area contributed by atoms with Crippen LogP contribution in [0.5, 0.6) is 0 Å². The molecule has 1 aliphatic carbocycles. The van der Waals surface area contributed by atoms with Crippen molar-refractivity contribution >= 4 is 21.6 Å². The lowest BCUT2D eigenvalue weighted by atomic mass is 10.1. The van der Waals surface area contributed by atoms with E-state index in [2.05, 4.69) is 5.32 Å². The molecule has 1 aliphatic rings. The highest BCUT2D eigenvalue weighted by Crippen LogP contribution is 2.25. The van der Waals surface area contributed by atoms with Crippen LogP contribution in [0.4, 0.5) is 5.69 Å². The molecule has 0 fully saturated rings. The first kappa shape index (κ1) is 25.6. The molecule has 0 atom stereocenters. The van der Waals surface area contributed by atoms with Crippen LogP contribution in [0.3, 0.4) is 0 Å². The fourth-order valence-electron chi connectivity index (χ4n) is 4.74. The van der Waals surface area contributed by atoms with Crippen LogP contribution >= 0.6 is 0 Å². The molecule has 1 aromatic heterocycles. The van der Waals surface area contributed by atoms with Crippen LogP contribution in [0.1, 0.15) is 28.7 Å². The fraction of sp³-hybridized carbons (Fsp3) is 0.200. The zero-order valence-electron chi connectivity index (χ0n) is 20.9. The van der Waals surface area contributed by atoms with Gasteiger partial charge in [-0.1, -0.05) is 66.7 Å². The predicted molar refractivity (Wildman–Crippen MR) is 147 cm³/mol. The van der Waals surface area contributed by atoms with Crippen molar-refractivity contribution in [3.05, 3.63) is 130 Å². The van der Waals surface area contributed by atoms with Crippen molar-refractivity contribution in [2.75, 3.05) is 5.32 Å². The highest BCUT2D eigenvalue weighted by molar-refractivity contribution is 7.89. The van der Waals surface area contributed by atoms with E-state index in [4.69, 9.17) is 0 Å². The van der Waals surface area contributed by atoms with Crippen molar-refractivity contribution in [1.82, 2.24) is 8.87 Å². The van der Waals surface area contributed by atoms with E-state index in [9.17, 15) is 18.0 Å². The molecule has 0 unspecified atom stereocenters. The highest BCUT2D eigenvalue weighted by atomic mass is 32.2. The topological polar surface area (TPSA) is 88.5 Å². The zero-order valence-corrected chi connectivity index (χ0v) is 21.7. The Labute approximate surface area is 222 Å². The van der Waals surface area contributed by atoms with E-state index in [1.807, 2.05) is 78.9 Å². The van der Waals surface area contributed by atoms with E-state index in [0.29, 0.717) is 5.69 Å². The molecule has 1 N–H and O–H groups in total. The first-order valence-corrected chi connectivity index (χ1v) is 14.0. The second-order valence-corrected chi connectivity index (χ2v) is 11.4. The summed E-state index contributed by atoms with van der Waals surface area (Å²) in [5, 5.41) is 2.84. The molecule has 0 aliphatic heterocycles. The van der Waals surface area contributed by atoms with Crippen molar-refractivity contribution in [2.24, 2.45) is 0 Å². The number of aromatic nitrogens is 1. The summed E-state index contributed by atoms with van der Waals surface area (Å²) >= 11 is 0. The number of sulfonamides is 1. The maximum atomic E-state index is 13.8. The molecule has 1 amide bonds. The van der Waals surface area contributed by atoms with Crippen molar-refractivity contribution in [1.29, 1.82) is 0 Å². The molecular weight excluding hydrogens is 498 g/mol. The van der Waals surface area contributed by atoms with Crippen LogP contribution < -0.4 is 10.9 Å². The number of fused-ring (bicyclic) bond motifs is 1. The van der Waals surface area contributed by atoms with E-state index in [1.165, 1.54) is 33.8 Å². The van der Waals surface area contributed by atoms with Crippen molar-refractivity contribution in [3.63, 3.8) is 0 Å². The number of anilines is 1. The van der Waals surface area contributed by atoms with Gasteiger partial charge in [-0.05, 0) is 59.7 Å². The first-order chi connectivity index (χ1) is 18.4. The van der Waals surface area contributed by atoms with Gasteiger partial charge in [-0.25, -0.2) is 8.42 Å². The minimum absolute atomic E-state index is 0.0470. The average Bonchev–Trinajstić information content (AvgIpc) is 3.39. The fourth-order valence-corrected chi connectivity index (χ4v) is 6.18. The van der Waals surface area contributed by atoms with Gasteiger partial charge in [0.1, 0.15) is 6.54 Å². The smallest absolute Gasteiger partial charge is 0.251 e. The Kier molecular flexibility index (Phi) is 7.53. The number of hydrogen-bond donors (Lipinski definition) is 1. The number of pyridine rings is 1. The van der Waals surface area contributed by atoms with Gasteiger partial charge in [0.05, 0.1) is 4.90 Å². The van der Waals surface area contributed by atoms with Crippen LogP contribution in [0.15, 0.2) is 107 Å². The summed E-state index contributed by atoms with van der Waals surface area (Å²) < 4.78 is 30.1. The Morgan fingerprint density at radius 1 is 0.816 bits per heavy atom. The van der Waals surface area contributed by atoms with E-state index >= 15 is 0 Å². The predicted octanol–water partition coefficient (Wildman–Crippen LogP) is 4.37. The van der Waals surface area contributed by atoms with E-state index in [-0.39, 0.29) is 24.5 Å². The standard InChI is InChI=1S/C30H29N3O4S/c34-29(31-27-15-14-25-12-7-13-26(25)18-27)22-32-21-28(16-17-30(32)35)38(36,37)33(19-23-8-3-1-4-9-23)20-24-10-5-2-6-11-24/h1-6,8-11,14-18,21H,7,12-13,19-20,22H2,(H,31,34). The second kappa shape index (κ2) is 11.2. The van der Waals surface area contributed by atoms with Crippen LogP contribution in [-0.4, -0.2) is 23.2 Å². The van der Waals surface area contributed by atoms with Gasteiger partial charge >= 0.3 is 0 Å². The molecule has 1 heterocycles. The zero-order chi connectivity index (χ0) is 26.5. The summed E-state index contributed by atoms with van der Waals surface area (Å²) in [6.45, 7) is 0.0304. The Hall–Kier alpha value is -4.01. The van der Waals surface area contributed by atoms with Crippen LogP contribution in [0.25, 0.3) is 0 Å². The van der Waals surface area contributed by atoms with Crippen LogP contribution in [-0.2, 0) is 47.3 Å². The number of hydrogen-bond acceptors (Lipinski definition) is 4. The van der Waals surface area contributed by atoms with Gasteiger partial charge in [0.2, 0.25) is 15.9 Å². The maximum absolute atomic E-state index is 13.8. The lowest BCUT2D eigenvalue weighted by Crippen LogP contribution is -2.32. The van der Waals surface area contributed by atoms with Crippen molar-refractivity contribution in [2.45, 2.75) is 43.8 Å². The third-order valence-electron chi connectivity index (χ3n) is 6.69. The van der Waals surface area contributed by atoms with Crippen LogP contribution in [0.2, 0.25) is 0 Å². The summed E-state index contributed by atoms with van der Waals surface area (Å²) in [5.41, 5.74) is 4.43. The van der Waals surface area contributed by atoms with E-state index in [0.717, 1.165) is 35.0 Å². The molecule has 3 aromatic carbocycles. The number of aryl methyl sites for hydroxylation is 2. The molecule has 0 bridgehead atoms. The monoisotopic (exact) mass is 527 g/mol. The summed E-state index contributed by atoms with van der Waals surface area (Å²) in [7, 11) is -4.00. The van der Waals surface area contributed by atoms with Crippen molar-refractivity contribution < 1.29 is 13.2 Å². The number of nitrogens with zero attached hydrogens (tertiary/aromatic N) is 2. The summed E-state index contributed by atoms with van der Waals surface area (Å²) in [4.78, 5) is 25.3. The molecule has 5 rings (SSSR count). The SMILES string of the molecule is O=C(Cn1cc(S(=O)(=O)N(Cc2ccccc2)Cc2ccccc2)ccc1=O)Nc1ccc2c(c1)CCC2. The molecule has 0 saturated heterocycles. The Morgan fingerprint density at radius 2 is 1.45 bits per heavy atom. The third kappa shape index (κ3) is 5.93. The molecule has 4 aromatic rings. The summed E-state index contributed by atoms with van der Waals surface area (Å²) in [6.07, 6.45) is 4.39. The van der Waals surface area contributed by atoms with Gasteiger partial charge < -0.3 is 9.88 Å². The Balaban J connectivity index is 1.39. The van der Waals surface area contributed by atoms with Gasteiger partial charge in [-0.3, -0.25) is 9.59 Å². The number of carbonyl (C=O) groups is 1. The number of amides is 1. The number of carbonyl (C=O) groups excluding carboxylic acids is 1. The van der Waals surface area contributed by atoms with E-state index in [1.54, 1.807) is 0 Å². The van der Waals surface area contributed by atoms with Gasteiger partial charge in [0.15, 0.2) is 0 Å². The van der Waals surface area contributed by atoms with Gasteiger partial charge in [-0.2, -0.15) is 4.31 Å². The molecular formula is C30H29N3O4S. The minimum atomic E-state index is -4.00. The lowest BCUT2D eigenvalue weighted by molar-refractivity contribution is -0.116. The second-order valence-electron chi connectivity index (χ2n) is 9.46. The highest BCUT2D eigenvalue weighted by Gasteiger charge is 2.26. The molecule has 194 valence electrons. The number of benzene rings is 3. The van der Waals surface area contributed by atoms with Gasteiger partial charge in [-0.15, -0.1) is 0 Å². The van der Waals surface area contributed by atoms with Crippen LogP contribution in [0, 0.1) is 0 Å². The Morgan fingerprint density at radius 3 is 2.11 bits per heavy atom.